The zero-order valence-electron chi connectivity index (χ0n) is 9.60. The summed E-state index contributed by atoms with van der Waals surface area (Å²) in [6.45, 7) is -2.59. The van der Waals surface area contributed by atoms with Crippen LogP contribution in [-0.4, -0.2) is 25.8 Å². The molecule has 0 aliphatic carbocycles. The summed E-state index contributed by atoms with van der Waals surface area (Å²) in [5.74, 6) is -0.342. The molecule has 0 aliphatic rings. The molecular weight excluding hydrogens is 246 g/mol. The van der Waals surface area contributed by atoms with E-state index in [0.717, 1.165) is 11.8 Å². The van der Waals surface area contributed by atoms with E-state index in [9.17, 15) is 13.6 Å². The van der Waals surface area contributed by atoms with Crippen LogP contribution in [0.2, 0.25) is 0 Å². The number of benzene rings is 1. The highest BCUT2D eigenvalue weighted by molar-refractivity contribution is 6.25. The predicted octanol–water partition coefficient (Wildman–Crippen LogP) is 1.54. The van der Waals surface area contributed by atoms with Gasteiger partial charge in [-0.1, -0.05) is 17.3 Å². The molecule has 0 fully saturated rings. The molecule has 7 heteroatoms. The van der Waals surface area contributed by atoms with E-state index in [1.54, 1.807) is 12.1 Å². The number of amides is 1. The Morgan fingerprint density at radius 2 is 2.11 bits per heavy atom. The van der Waals surface area contributed by atoms with Crippen LogP contribution >= 0.6 is 0 Å². The third-order valence-corrected chi connectivity index (χ3v) is 1.89. The summed E-state index contributed by atoms with van der Waals surface area (Å²) < 4.78 is 28.0. The van der Waals surface area contributed by atoms with Crippen LogP contribution in [0.15, 0.2) is 29.4 Å². The maximum Gasteiger partial charge on any atom is 0.387 e. The molecule has 1 N–H and O–H groups in total. The lowest BCUT2D eigenvalue weighted by atomic mass is 10.2. The molecule has 0 aliphatic heterocycles. The van der Waals surface area contributed by atoms with Gasteiger partial charge in [-0.3, -0.25) is 4.79 Å². The minimum Gasteiger partial charge on any atom is -0.435 e. The number of alkyl halides is 2. The number of ether oxygens (including phenoxy) is 1. The second kappa shape index (κ2) is 7.21. The third kappa shape index (κ3) is 5.24. The Labute approximate surface area is 102 Å². The van der Waals surface area contributed by atoms with Gasteiger partial charge in [0.25, 0.3) is 5.91 Å². The van der Waals surface area contributed by atoms with Crippen molar-refractivity contribution >= 4 is 12.1 Å². The van der Waals surface area contributed by atoms with Crippen LogP contribution in [0.5, 0.6) is 5.75 Å². The predicted molar refractivity (Wildman–Crippen MR) is 60.4 cm³/mol. The zero-order chi connectivity index (χ0) is 13.4. The Kier molecular flexibility index (Phi) is 5.56. The Morgan fingerprint density at radius 1 is 1.44 bits per heavy atom. The number of halogens is 2. The van der Waals surface area contributed by atoms with E-state index in [-0.39, 0.29) is 12.3 Å². The molecule has 0 spiro atoms. The molecule has 0 saturated heterocycles. The molecular formula is C11H12F2N2O3. The normalized spacial score (nSPS) is 10.7. The highest BCUT2D eigenvalue weighted by atomic mass is 19.3. The van der Waals surface area contributed by atoms with Crippen LogP contribution < -0.4 is 10.1 Å². The first-order chi connectivity index (χ1) is 8.61. The largest absolute Gasteiger partial charge is 0.435 e. The summed E-state index contributed by atoms with van der Waals surface area (Å²) in [4.78, 5) is 15.5. The lowest BCUT2D eigenvalue weighted by Gasteiger charge is -2.06. The topological polar surface area (TPSA) is 59.9 Å². The maximum absolute atomic E-state index is 11.9. The molecule has 0 heterocycles. The van der Waals surface area contributed by atoms with Crippen molar-refractivity contribution in [3.63, 3.8) is 0 Å². The van der Waals surface area contributed by atoms with Crippen molar-refractivity contribution in [2.75, 3.05) is 7.11 Å². The molecule has 0 saturated carbocycles. The van der Waals surface area contributed by atoms with Gasteiger partial charge in [-0.2, -0.15) is 8.78 Å². The van der Waals surface area contributed by atoms with Gasteiger partial charge in [-0.15, -0.1) is 0 Å². The number of carbonyl (C=O) groups is 1. The lowest BCUT2D eigenvalue weighted by Crippen LogP contribution is -2.23. The van der Waals surface area contributed by atoms with Crippen LogP contribution in [0.3, 0.4) is 0 Å². The highest BCUT2D eigenvalue weighted by Gasteiger charge is 2.04. The van der Waals surface area contributed by atoms with Gasteiger partial charge >= 0.3 is 6.61 Å². The average Bonchev–Trinajstić information content (AvgIpc) is 2.35. The molecule has 0 bridgehead atoms. The molecule has 98 valence electrons. The fourth-order valence-corrected chi connectivity index (χ4v) is 1.12. The quantitative estimate of drug-likeness (QED) is 0.622. The fraction of sp³-hybridized carbons (Fsp3) is 0.273. The smallest absolute Gasteiger partial charge is 0.387 e. The number of carbonyl (C=O) groups excluding carboxylic acids is 1. The van der Waals surface area contributed by atoms with Crippen LogP contribution in [-0.2, 0) is 16.2 Å². The van der Waals surface area contributed by atoms with Crippen molar-refractivity contribution in [3.8, 4) is 5.75 Å². The number of hydrogen-bond donors (Lipinski definition) is 1. The summed E-state index contributed by atoms with van der Waals surface area (Å²) in [7, 11) is 1.32. The van der Waals surface area contributed by atoms with Gasteiger partial charge < -0.3 is 14.9 Å². The first kappa shape index (κ1) is 13.9. The van der Waals surface area contributed by atoms with Gasteiger partial charge in [0.15, 0.2) is 0 Å². The Balaban J connectivity index is 2.44. The summed E-state index contributed by atoms with van der Waals surface area (Å²) in [5, 5.41) is 5.83. The maximum atomic E-state index is 11.9. The number of nitrogens with zero attached hydrogens (tertiary/aromatic N) is 1. The summed E-state index contributed by atoms with van der Waals surface area (Å²) >= 11 is 0. The molecule has 1 aromatic rings. The van der Waals surface area contributed by atoms with Gasteiger partial charge in [0.1, 0.15) is 19.1 Å². The molecule has 1 amide bonds. The van der Waals surface area contributed by atoms with Crippen molar-refractivity contribution in [3.05, 3.63) is 29.8 Å². The molecule has 0 atom stereocenters. The van der Waals surface area contributed by atoms with Gasteiger partial charge in [-0.25, -0.2) is 0 Å². The standard InChI is InChI=1S/C11H12F2N2O3/c1-17-15-7-10(16)14-6-8-2-4-9(5-3-8)18-11(12)13/h2-5,7,11H,6H2,1H3,(H,14,16)/b15-7+. The van der Waals surface area contributed by atoms with E-state index < -0.39 is 12.5 Å². The van der Waals surface area contributed by atoms with E-state index in [4.69, 9.17) is 0 Å². The number of rotatable bonds is 6. The second-order valence-corrected chi connectivity index (χ2v) is 3.16. The van der Waals surface area contributed by atoms with Crippen LogP contribution in [0.4, 0.5) is 8.78 Å². The van der Waals surface area contributed by atoms with E-state index in [1.807, 2.05) is 0 Å². The van der Waals surface area contributed by atoms with E-state index >= 15 is 0 Å². The highest BCUT2D eigenvalue weighted by Crippen LogP contribution is 2.14. The number of hydrogen-bond acceptors (Lipinski definition) is 4. The van der Waals surface area contributed by atoms with Gasteiger partial charge in [0.05, 0.1) is 0 Å². The van der Waals surface area contributed by atoms with Crippen LogP contribution in [0.1, 0.15) is 5.56 Å². The molecule has 0 aromatic heterocycles. The zero-order valence-corrected chi connectivity index (χ0v) is 9.60. The van der Waals surface area contributed by atoms with E-state index in [1.165, 1.54) is 19.2 Å². The summed E-state index contributed by atoms with van der Waals surface area (Å²) in [6.07, 6.45) is 0.994. The molecule has 5 nitrogen and oxygen atoms in total. The second-order valence-electron chi connectivity index (χ2n) is 3.16. The van der Waals surface area contributed by atoms with E-state index in [2.05, 4.69) is 20.0 Å². The SMILES string of the molecule is CO/N=C/C(=O)NCc1ccc(OC(F)F)cc1. The van der Waals surface area contributed by atoms with Gasteiger partial charge in [0.2, 0.25) is 0 Å². The minimum atomic E-state index is -2.85. The molecule has 0 unspecified atom stereocenters. The first-order valence-electron chi connectivity index (χ1n) is 5.00. The Hall–Kier alpha value is -2.18. The van der Waals surface area contributed by atoms with Crippen molar-refractivity contribution in [2.45, 2.75) is 13.2 Å². The minimum absolute atomic E-state index is 0.0704. The molecule has 18 heavy (non-hydrogen) atoms. The fourth-order valence-electron chi connectivity index (χ4n) is 1.12. The third-order valence-electron chi connectivity index (χ3n) is 1.89. The van der Waals surface area contributed by atoms with Gasteiger partial charge in [-0.05, 0) is 17.7 Å². The van der Waals surface area contributed by atoms with Crippen LogP contribution in [0, 0.1) is 0 Å². The summed E-state index contributed by atoms with van der Waals surface area (Å²) in [6, 6.07) is 5.95. The molecule has 1 rings (SSSR count). The Bertz CT molecular complexity index is 407. The first-order valence-corrected chi connectivity index (χ1v) is 5.00. The van der Waals surface area contributed by atoms with Crippen molar-refractivity contribution < 1.29 is 23.1 Å². The number of oxime groups is 1. The average molecular weight is 258 g/mol. The Morgan fingerprint density at radius 3 is 2.67 bits per heavy atom. The van der Waals surface area contributed by atoms with Crippen molar-refractivity contribution in [1.29, 1.82) is 0 Å². The number of nitrogens with one attached hydrogen (secondary N) is 1. The van der Waals surface area contributed by atoms with Gasteiger partial charge in [0, 0.05) is 6.54 Å². The van der Waals surface area contributed by atoms with Crippen LogP contribution in [0.25, 0.3) is 0 Å². The molecule has 0 radical (unpaired) electrons. The van der Waals surface area contributed by atoms with Crippen molar-refractivity contribution in [2.24, 2.45) is 5.16 Å². The monoisotopic (exact) mass is 258 g/mol. The summed E-state index contributed by atoms with van der Waals surface area (Å²) in [5.41, 5.74) is 0.746. The lowest BCUT2D eigenvalue weighted by molar-refractivity contribution is -0.114. The van der Waals surface area contributed by atoms with E-state index in [0.29, 0.717) is 0 Å². The molecule has 1 aromatic carbocycles. The van der Waals surface area contributed by atoms with Crippen molar-refractivity contribution in [1.82, 2.24) is 5.32 Å².